The summed E-state index contributed by atoms with van der Waals surface area (Å²) in [6, 6.07) is 10.2. The van der Waals surface area contributed by atoms with Crippen LogP contribution in [-0.2, 0) is 9.53 Å². The normalized spacial score (nSPS) is 11.6. The second-order valence-electron chi connectivity index (χ2n) is 8.02. The first-order chi connectivity index (χ1) is 15.1. The summed E-state index contributed by atoms with van der Waals surface area (Å²) < 4.78 is 27.0. The minimum absolute atomic E-state index is 0.169. The molecule has 0 saturated heterocycles. The average molecular weight is 438 g/mol. The summed E-state index contributed by atoms with van der Waals surface area (Å²) in [5.74, 6) is 0.566. The summed E-state index contributed by atoms with van der Waals surface area (Å²) in [5.41, 5.74) is 1.10. The molecule has 0 fully saturated rings. The van der Waals surface area contributed by atoms with E-state index in [1.807, 2.05) is 26.8 Å². The third kappa shape index (κ3) is 5.11. The van der Waals surface area contributed by atoms with Crippen molar-refractivity contribution in [1.29, 1.82) is 0 Å². The Bertz CT molecular complexity index is 1150. The number of ether oxygens (including phenoxy) is 4. The predicted molar refractivity (Wildman–Crippen MR) is 121 cm³/mol. The molecular weight excluding hydrogens is 412 g/mol. The van der Waals surface area contributed by atoms with Crippen LogP contribution in [0.3, 0.4) is 0 Å². The molecule has 3 aromatic rings. The molecule has 3 rings (SSSR count). The molecule has 1 aromatic heterocycles. The lowest BCUT2D eigenvalue weighted by Gasteiger charge is -2.17. The molecule has 0 saturated carbocycles. The molecule has 7 heteroatoms. The number of fused-ring (bicyclic) bond motifs is 1. The van der Waals surface area contributed by atoms with Gasteiger partial charge in [-0.1, -0.05) is 6.07 Å². The Hall–Kier alpha value is -3.74. The van der Waals surface area contributed by atoms with Crippen molar-refractivity contribution in [3.8, 4) is 17.2 Å². The molecule has 0 aliphatic rings. The van der Waals surface area contributed by atoms with Crippen LogP contribution in [-0.4, -0.2) is 38.7 Å². The number of methoxy groups -OCH3 is 3. The summed E-state index contributed by atoms with van der Waals surface area (Å²) in [7, 11) is 4.47. The Morgan fingerprint density at radius 3 is 2.12 bits per heavy atom. The topological polar surface area (TPSA) is 84.2 Å². The van der Waals surface area contributed by atoms with E-state index in [-0.39, 0.29) is 11.5 Å². The van der Waals surface area contributed by atoms with Crippen LogP contribution < -0.4 is 14.2 Å². The van der Waals surface area contributed by atoms with Gasteiger partial charge in [0.2, 0.25) is 11.5 Å². The maximum atomic E-state index is 13.1. The second kappa shape index (κ2) is 9.18. The molecule has 168 valence electrons. The maximum absolute atomic E-state index is 13.1. The van der Waals surface area contributed by atoms with E-state index in [0.717, 1.165) is 10.9 Å². The highest BCUT2D eigenvalue weighted by Gasteiger charge is 2.21. The van der Waals surface area contributed by atoms with E-state index in [1.54, 1.807) is 36.4 Å². The highest BCUT2D eigenvalue weighted by molar-refractivity contribution is 6.09. The first kappa shape index (κ1) is 22.9. The number of carbonyl (C=O) groups is 2. The summed E-state index contributed by atoms with van der Waals surface area (Å²) in [6.07, 6.45) is 3.02. The van der Waals surface area contributed by atoms with E-state index in [1.165, 1.54) is 27.4 Å². The van der Waals surface area contributed by atoms with Crippen LogP contribution in [0.5, 0.6) is 17.2 Å². The van der Waals surface area contributed by atoms with E-state index >= 15 is 0 Å². The van der Waals surface area contributed by atoms with Crippen molar-refractivity contribution in [3.63, 3.8) is 0 Å². The monoisotopic (exact) mass is 438 g/mol. The van der Waals surface area contributed by atoms with E-state index in [0.29, 0.717) is 28.4 Å². The number of ketones is 1. The quantitative estimate of drug-likeness (QED) is 0.290. The van der Waals surface area contributed by atoms with E-state index in [9.17, 15) is 9.59 Å². The van der Waals surface area contributed by atoms with Gasteiger partial charge < -0.3 is 23.4 Å². The maximum Gasteiger partial charge on any atom is 0.331 e. The third-order valence-electron chi connectivity index (χ3n) is 4.51. The summed E-state index contributed by atoms with van der Waals surface area (Å²) in [6.45, 7) is 5.43. The number of furan rings is 1. The van der Waals surface area contributed by atoms with Gasteiger partial charge in [-0.25, -0.2) is 4.79 Å². The van der Waals surface area contributed by atoms with Crippen LogP contribution in [0.15, 0.2) is 46.9 Å². The van der Waals surface area contributed by atoms with Crippen LogP contribution >= 0.6 is 0 Å². The van der Waals surface area contributed by atoms with Gasteiger partial charge in [0, 0.05) is 17.0 Å². The predicted octanol–water partition coefficient (Wildman–Crippen LogP) is 5.04. The van der Waals surface area contributed by atoms with Crippen molar-refractivity contribution in [2.45, 2.75) is 26.4 Å². The Balaban J connectivity index is 1.89. The molecule has 32 heavy (non-hydrogen) atoms. The number of esters is 1. The van der Waals surface area contributed by atoms with Gasteiger partial charge in [-0.15, -0.1) is 0 Å². The van der Waals surface area contributed by atoms with Gasteiger partial charge in [-0.3, -0.25) is 4.79 Å². The smallest absolute Gasteiger partial charge is 0.331 e. The second-order valence-corrected chi connectivity index (χ2v) is 8.02. The fourth-order valence-electron chi connectivity index (χ4n) is 3.13. The van der Waals surface area contributed by atoms with Crippen LogP contribution in [0.1, 0.15) is 42.5 Å². The van der Waals surface area contributed by atoms with E-state index in [4.69, 9.17) is 23.4 Å². The fourth-order valence-corrected chi connectivity index (χ4v) is 3.13. The van der Waals surface area contributed by atoms with Gasteiger partial charge in [0.05, 0.1) is 21.3 Å². The molecule has 1 heterocycles. The third-order valence-corrected chi connectivity index (χ3v) is 4.51. The van der Waals surface area contributed by atoms with Gasteiger partial charge in [-0.05, 0) is 62.7 Å². The number of rotatable bonds is 7. The summed E-state index contributed by atoms with van der Waals surface area (Å²) in [5, 5.41) is 0.729. The van der Waals surface area contributed by atoms with Gasteiger partial charge >= 0.3 is 5.97 Å². The van der Waals surface area contributed by atoms with Crippen molar-refractivity contribution in [2.75, 3.05) is 21.3 Å². The fraction of sp³-hybridized carbons (Fsp3) is 0.280. The van der Waals surface area contributed by atoms with Crippen LogP contribution in [0.25, 0.3) is 17.0 Å². The zero-order valence-electron chi connectivity index (χ0n) is 19.0. The zero-order chi connectivity index (χ0) is 23.5. The summed E-state index contributed by atoms with van der Waals surface area (Å²) in [4.78, 5) is 25.0. The van der Waals surface area contributed by atoms with Crippen molar-refractivity contribution in [1.82, 2.24) is 0 Å². The molecule has 2 aromatic carbocycles. The Labute approximate surface area is 186 Å². The van der Waals surface area contributed by atoms with Crippen molar-refractivity contribution in [2.24, 2.45) is 0 Å². The number of benzene rings is 2. The molecule has 0 aliphatic heterocycles. The Morgan fingerprint density at radius 1 is 0.906 bits per heavy atom. The van der Waals surface area contributed by atoms with Crippen LogP contribution in [0, 0.1) is 0 Å². The average Bonchev–Trinajstić information content (AvgIpc) is 3.18. The van der Waals surface area contributed by atoms with E-state index in [2.05, 4.69) is 0 Å². The molecule has 0 amide bonds. The van der Waals surface area contributed by atoms with E-state index < -0.39 is 11.6 Å². The molecule has 0 radical (unpaired) electrons. The molecule has 0 atom stereocenters. The van der Waals surface area contributed by atoms with Gasteiger partial charge in [0.15, 0.2) is 17.3 Å². The largest absolute Gasteiger partial charge is 0.493 e. The summed E-state index contributed by atoms with van der Waals surface area (Å²) >= 11 is 0. The molecule has 0 aliphatic carbocycles. The SMILES string of the molecule is COc1cc(C(=O)c2cc3cc(/C=C/C(=O)OC(C)(C)C)ccc3o2)cc(OC)c1OC. The molecule has 7 nitrogen and oxygen atoms in total. The number of hydrogen-bond acceptors (Lipinski definition) is 7. The number of carbonyl (C=O) groups excluding carboxylic acids is 2. The first-order valence-corrected chi connectivity index (χ1v) is 9.94. The Morgan fingerprint density at radius 2 is 1.56 bits per heavy atom. The number of hydrogen-bond donors (Lipinski definition) is 0. The molecule has 0 unspecified atom stereocenters. The van der Waals surface area contributed by atoms with Crippen molar-refractivity contribution < 1.29 is 33.0 Å². The van der Waals surface area contributed by atoms with Gasteiger partial charge in [0.25, 0.3) is 0 Å². The minimum atomic E-state index is -0.558. The highest BCUT2D eigenvalue weighted by Crippen LogP contribution is 2.39. The van der Waals surface area contributed by atoms with Crippen molar-refractivity contribution in [3.05, 3.63) is 59.4 Å². The molecule has 0 N–H and O–H groups in total. The highest BCUT2D eigenvalue weighted by atomic mass is 16.6. The van der Waals surface area contributed by atoms with Crippen LogP contribution in [0.2, 0.25) is 0 Å². The lowest BCUT2D eigenvalue weighted by atomic mass is 10.1. The van der Waals surface area contributed by atoms with Gasteiger partial charge in [-0.2, -0.15) is 0 Å². The lowest BCUT2D eigenvalue weighted by molar-refractivity contribution is -0.148. The first-order valence-electron chi connectivity index (χ1n) is 9.94. The molecule has 0 spiro atoms. The molecule has 0 bridgehead atoms. The lowest BCUT2D eigenvalue weighted by Crippen LogP contribution is -2.22. The standard InChI is InChI=1S/C25H26O7/c1-25(2,3)32-22(26)10-8-15-7-9-18-16(11-15)12-19(31-18)23(27)17-13-20(28-4)24(30-6)21(14-17)29-5/h7-14H,1-6H3/b10-8+. The molecular formula is C25H26O7. The zero-order valence-corrected chi connectivity index (χ0v) is 19.0. The van der Waals surface area contributed by atoms with Crippen LogP contribution in [0.4, 0.5) is 0 Å². The van der Waals surface area contributed by atoms with Gasteiger partial charge in [0.1, 0.15) is 11.2 Å². The Kier molecular flexibility index (Phi) is 6.58. The van der Waals surface area contributed by atoms with Crippen molar-refractivity contribution >= 4 is 28.8 Å². The minimum Gasteiger partial charge on any atom is -0.493 e.